The molecule has 0 radical (unpaired) electrons. The van der Waals surface area contributed by atoms with Crippen LogP contribution in [0, 0.1) is 5.92 Å². The van der Waals surface area contributed by atoms with E-state index >= 15 is 0 Å². The van der Waals surface area contributed by atoms with Crippen molar-refractivity contribution < 1.29 is 37.3 Å². The van der Waals surface area contributed by atoms with Crippen LogP contribution in [0.5, 0.6) is 11.5 Å². The standard InChI is InChI=1S/C29H23Cl2F2NO6S/c30-20-12-34-13-21(31)19(20)11-23(17-7-8-22(40-29(32)33)24(9-17)37-14-16-5-6-16)39-27(35)15-38-28(36)26-10-18-3-1-2-4-25(18)41-26/h1-4,7-10,12-13,16,23,29H,5-6,11,14-15H2/t23-/m0/s1. The summed E-state index contributed by atoms with van der Waals surface area (Å²) in [6.45, 7) is -3.37. The summed E-state index contributed by atoms with van der Waals surface area (Å²) >= 11 is 13.9. The maximum absolute atomic E-state index is 13.0. The number of thiophene rings is 1. The molecule has 0 saturated heterocycles. The molecule has 7 nitrogen and oxygen atoms in total. The van der Waals surface area contributed by atoms with E-state index in [1.54, 1.807) is 6.07 Å². The number of hydrogen-bond acceptors (Lipinski definition) is 8. The molecule has 12 heteroatoms. The maximum Gasteiger partial charge on any atom is 0.387 e. The molecule has 214 valence electrons. The molecule has 2 aromatic carbocycles. The van der Waals surface area contributed by atoms with Crippen molar-refractivity contribution in [2.24, 2.45) is 5.92 Å². The van der Waals surface area contributed by atoms with Crippen molar-refractivity contribution in [3.63, 3.8) is 0 Å². The zero-order chi connectivity index (χ0) is 28.9. The number of halogens is 4. The van der Waals surface area contributed by atoms with Gasteiger partial charge in [0.05, 0.1) is 16.7 Å². The van der Waals surface area contributed by atoms with Crippen LogP contribution in [0.4, 0.5) is 8.78 Å². The second-order valence-corrected chi connectivity index (χ2v) is 11.2. The predicted octanol–water partition coefficient (Wildman–Crippen LogP) is 7.68. The number of alkyl halides is 2. The first kappa shape index (κ1) is 29.0. The van der Waals surface area contributed by atoms with Crippen LogP contribution in [0.3, 0.4) is 0 Å². The summed E-state index contributed by atoms with van der Waals surface area (Å²) in [6.07, 6.45) is 3.81. The molecule has 0 unspecified atom stereocenters. The summed E-state index contributed by atoms with van der Waals surface area (Å²) in [5, 5.41) is 1.38. The highest BCUT2D eigenvalue weighted by Crippen LogP contribution is 2.38. The first-order valence-electron chi connectivity index (χ1n) is 12.6. The zero-order valence-electron chi connectivity index (χ0n) is 21.4. The number of fused-ring (bicyclic) bond motifs is 1. The van der Waals surface area contributed by atoms with Crippen molar-refractivity contribution in [3.05, 3.63) is 87.0 Å². The Kier molecular flexibility index (Phi) is 9.22. The fraction of sp³-hybridized carbons (Fsp3) is 0.276. The second kappa shape index (κ2) is 13.0. The smallest absolute Gasteiger partial charge is 0.387 e. The minimum atomic E-state index is -3.05. The molecule has 0 amide bonds. The summed E-state index contributed by atoms with van der Waals surface area (Å²) in [5.74, 6) is -1.22. The average Bonchev–Trinajstić information content (AvgIpc) is 3.67. The lowest BCUT2D eigenvalue weighted by Gasteiger charge is -2.21. The van der Waals surface area contributed by atoms with Crippen molar-refractivity contribution >= 4 is 56.6 Å². The quantitative estimate of drug-likeness (QED) is 0.150. The number of rotatable bonds is 12. The van der Waals surface area contributed by atoms with Gasteiger partial charge in [-0.2, -0.15) is 8.78 Å². The van der Waals surface area contributed by atoms with Gasteiger partial charge in [-0.15, -0.1) is 11.3 Å². The molecular weight excluding hydrogens is 599 g/mol. The van der Waals surface area contributed by atoms with Gasteiger partial charge in [-0.3, -0.25) is 4.98 Å². The van der Waals surface area contributed by atoms with Gasteiger partial charge in [0, 0.05) is 23.5 Å². The number of nitrogens with zero attached hydrogens (tertiary/aromatic N) is 1. The molecule has 2 heterocycles. The number of carbonyl (C=O) groups excluding carboxylic acids is 2. The van der Waals surface area contributed by atoms with E-state index in [4.69, 9.17) is 37.4 Å². The number of aromatic nitrogens is 1. The Hall–Kier alpha value is -3.47. The topological polar surface area (TPSA) is 84.0 Å². The first-order chi connectivity index (χ1) is 19.8. The van der Waals surface area contributed by atoms with Gasteiger partial charge in [-0.1, -0.05) is 47.5 Å². The highest BCUT2D eigenvalue weighted by atomic mass is 35.5. The zero-order valence-corrected chi connectivity index (χ0v) is 23.7. The SMILES string of the molecule is O=C(COC(=O)c1cc2ccccc2s1)O[C@@H](Cc1c(Cl)cncc1Cl)c1ccc(OC(F)F)c(OCC2CC2)c1. The van der Waals surface area contributed by atoms with Gasteiger partial charge in [0.15, 0.2) is 18.1 Å². The van der Waals surface area contributed by atoms with E-state index in [0.717, 1.165) is 22.9 Å². The molecule has 0 aliphatic heterocycles. The van der Waals surface area contributed by atoms with E-state index < -0.39 is 31.3 Å². The lowest BCUT2D eigenvalue weighted by molar-refractivity contribution is -0.153. The maximum atomic E-state index is 13.0. The van der Waals surface area contributed by atoms with E-state index in [2.05, 4.69) is 9.72 Å². The molecule has 1 fully saturated rings. The molecule has 1 saturated carbocycles. The third-order valence-corrected chi connectivity index (χ3v) is 8.04. The molecule has 1 atom stereocenters. The van der Waals surface area contributed by atoms with Gasteiger partial charge in [0.2, 0.25) is 0 Å². The molecule has 0 N–H and O–H groups in total. The number of esters is 2. The second-order valence-electron chi connectivity index (χ2n) is 9.33. The van der Waals surface area contributed by atoms with Gasteiger partial charge in [0.1, 0.15) is 11.0 Å². The summed E-state index contributed by atoms with van der Waals surface area (Å²) in [6, 6.07) is 13.4. The fourth-order valence-corrected chi connectivity index (χ4v) is 5.52. The fourth-order valence-electron chi connectivity index (χ4n) is 4.04. The van der Waals surface area contributed by atoms with Crippen LogP contribution in [0.15, 0.2) is 60.9 Å². The van der Waals surface area contributed by atoms with Crippen LogP contribution in [-0.2, 0) is 20.7 Å². The Bertz CT molecular complexity index is 1510. The van der Waals surface area contributed by atoms with Crippen LogP contribution in [-0.4, -0.2) is 36.7 Å². The molecule has 5 rings (SSSR count). The number of ether oxygens (including phenoxy) is 4. The summed E-state index contributed by atoms with van der Waals surface area (Å²) in [7, 11) is 0. The lowest BCUT2D eigenvalue weighted by Crippen LogP contribution is -2.20. The summed E-state index contributed by atoms with van der Waals surface area (Å²) in [4.78, 5) is 29.8. The van der Waals surface area contributed by atoms with Crippen LogP contribution in [0.25, 0.3) is 10.1 Å². The van der Waals surface area contributed by atoms with Gasteiger partial charge >= 0.3 is 18.6 Å². The molecule has 4 aromatic rings. The number of carbonyl (C=O) groups is 2. The van der Waals surface area contributed by atoms with E-state index in [1.807, 2.05) is 24.3 Å². The van der Waals surface area contributed by atoms with Crippen LogP contribution < -0.4 is 9.47 Å². The monoisotopic (exact) mass is 621 g/mol. The largest absolute Gasteiger partial charge is 0.489 e. The lowest BCUT2D eigenvalue weighted by atomic mass is 10.0. The molecule has 0 bridgehead atoms. The molecular formula is C29H23Cl2F2NO6S. The van der Waals surface area contributed by atoms with Gasteiger partial charge in [-0.25, -0.2) is 9.59 Å². The number of benzene rings is 2. The average molecular weight is 622 g/mol. The highest BCUT2D eigenvalue weighted by Gasteiger charge is 2.26. The van der Waals surface area contributed by atoms with Crippen LogP contribution in [0.1, 0.15) is 39.7 Å². The van der Waals surface area contributed by atoms with E-state index in [1.165, 1.54) is 41.9 Å². The van der Waals surface area contributed by atoms with E-state index in [0.29, 0.717) is 28.5 Å². The molecule has 2 aromatic heterocycles. The Morgan fingerprint density at radius 2 is 1.78 bits per heavy atom. The van der Waals surface area contributed by atoms with Crippen LogP contribution in [0.2, 0.25) is 10.0 Å². The van der Waals surface area contributed by atoms with Crippen LogP contribution >= 0.6 is 34.5 Å². The Morgan fingerprint density at radius 3 is 2.49 bits per heavy atom. The van der Waals surface area contributed by atoms with Crippen molar-refractivity contribution in [2.75, 3.05) is 13.2 Å². The molecule has 41 heavy (non-hydrogen) atoms. The van der Waals surface area contributed by atoms with E-state index in [9.17, 15) is 18.4 Å². The Morgan fingerprint density at radius 1 is 1.02 bits per heavy atom. The first-order valence-corrected chi connectivity index (χ1v) is 14.2. The number of pyridine rings is 1. The minimum absolute atomic E-state index is 0.0211. The van der Waals surface area contributed by atoms with Gasteiger partial charge in [0.25, 0.3) is 0 Å². The Labute approximate surface area is 247 Å². The summed E-state index contributed by atoms with van der Waals surface area (Å²) in [5.41, 5.74) is 0.863. The molecule has 1 aliphatic carbocycles. The Balaban J connectivity index is 1.35. The van der Waals surface area contributed by atoms with Crippen molar-refractivity contribution in [1.29, 1.82) is 0 Å². The molecule has 0 spiro atoms. The predicted molar refractivity (Wildman–Crippen MR) is 150 cm³/mol. The van der Waals surface area contributed by atoms with Gasteiger partial charge < -0.3 is 18.9 Å². The number of hydrogen-bond donors (Lipinski definition) is 0. The highest BCUT2D eigenvalue weighted by molar-refractivity contribution is 7.20. The molecule has 1 aliphatic rings. The third kappa shape index (κ3) is 7.63. The van der Waals surface area contributed by atoms with Crippen molar-refractivity contribution in [3.8, 4) is 11.5 Å². The van der Waals surface area contributed by atoms with Crippen molar-refractivity contribution in [2.45, 2.75) is 32.0 Å². The van der Waals surface area contributed by atoms with Crippen molar-refractivity contribution in [1.82, 2.24) is 4.98 Å². The third-order valence-electron chi connectivity index (χ3n) is 6.29. The minimum Gasteiger partial charge on any atom is -0.489 e. The normalized spacial score (nSPS) is 13.7. The van der Waals surface area contributed by atoms with Gasteiger partial charge in [-0.05, 0) is 59.5 Å². The van der Waals surface area contributed by atoms with E-state index in [-0.39, 0.29) is 28.0 Å². The summed E-state index contributed by atoms with van der Waals surface area (Å²) < 4.78 is 48.3.